The van der Waals surface area contributed by atoms with E-state index < -0.39 is 35.0 Å². The van der Waals surface area contributed by atoms with E-state index in [9.17, 15) is 19.2 Å². The number of ether oxygens (including phenoxy) is 2. The van der Waals surface area contributed by atoms with Gasteiger partial charge in [-0.3, -0.25) is 19.2 Å². The van der Waals surface area contributed by atoms with Gasteiger partial charge in [0.1, 0.15) is 17.0 Å². The molecule has 0 aromatic carbocycles. The Hall–Kier alpha value is -1.92. The lowest BCUT2D eigenvalue weighted by molar-refractivity contribution is -0.161. The van der Waals surface area contributed by atoms with Gasteiger partial charge >= 0.3 is 17.9 Å². The smallest absolute Gasteiger partial charge is 0.309 e. The zero-order valence-corrected chi connectivity index (χ0v) is 16.0. The van der Waals surface area contributed by atoms with Crippen LogP contribution in [-0.2, 0) is 28.7 Å². The highest BCUT2D eigenvalue weighted by atomic mass is 16.6. The Morgan fingerprint density at radius 3 is 1.80 bits per heavy atom. The average molecular weight is 358 g/mol. The van der Waals surface area contributed by atoms with Crippen molar-refractivity contribution in [2.75, 3.05) is 0 Å². The predicted octanol–water partition coefficient (Wildman–Crippen LogP) is 2.89. The van der Waals surface area contributed by atoms with Crippen LogP contribution in [0.1, 0.15) is 73.6 Å². The number of Topliss-reactive ketones (excluding diaryl/α,β-unsaturated/α-hetero) is 1. The van der Waals surface area contributed by atoms with Crippen LogP contribution in [0.5, 0.6) is 0 Å². The van der Waals surface area contributed by atoms with Crippen molar-refractivity contribution in [3.8, 4) is 0 Å². The van der Waals surface area contributed by atoms with Crippen LogP contribution in [0.15, 0.2) is 0 Å². The fourth-order valence-corrected chi connectivity index (χ4v) is 2.00. The number of esters is 2. The minimum absolute atomic E-state index is 0.0163. The Morgan fingerprint density at radius 2 is 1.36 bits per heavy atom. The van der Waals surface area contributed by atoms with E-state index in [1.54, 1.807) is 41.5 Å². The first-order valence-corrected chi connectivity index (χ1v) is 8.38. The number of hydrogen-bond donors (Lipinski definition) is 1. The molecule has 0 fully saturated rings. The largest absolute Gasteiger partial charge is 0.481 e. The molecule has 7 nitrogen and oxygen atoms in total. The number of carboxylic acid groups (broad SMARTS) is 1. The topological polar surface area (TPSA) is 107 Å². The zero-order chi connectivity index (χ0) is 19.8. The predicted molar refractivity (Wildman–Crippen MR) is 90.9 cm³/mol. The molecule has 0 aliphatic rings. The van der Waals surface area contributed by atoms with Gasteiger partial charge in [0.05, 0.1) is 12.3 Å². The molecule has 25 heavy (non-hydrogen) atoms. The Labute approximate surface area is 149 Å². The molecule has 0 heterocycles. The monoisotopic (exact) mass is 358 g/mol. The van der Waals surface area contributed by atoms with Crippen molar-refractivity contribution in [3.63, 3.8) is 0 Å². The van der Waals surface area contributed by atoms with Crippen molar-refractivity contribution in [2.24, 2.45) is 5.92 Å². The molecule has 0 radical (unpaired) electrons. The van der Waals surface area contributed by atoms with Crippen LogP contribution in [0.2, 0.25) is 0 Å². The normalized spacial score (nSPS) is 13.0. The molecular formula is C18H30O7. The average Bonchev–Trinajstić information content (AvgIpc) is 2.36. The number of aliphatic carboxylic acids is 1. The molecule has 0 unspecified atom stereocenters. The SMILES string of the molecule is CC(C)(C)OC(=O)CCC(=O)C[C@@H](CCC(=O)O)C(=O)OC(C)(C)C. The van der Waals surface area contributed by atoms with E-state index in [4.69, 9.17) is 14.6 Å². The maximum atomic E-state index is 12.2. The molecule has 1 N–H and O–H groups in total. The molecule has 144 valence electrons. The lowest BCUT2D eigenvalue weighted by atomic mass is 9.95. The molecule has 1 atom stereocenters. The van der Waals surface area contributed by atoms with E-state index >= 15 is 0 Å². The fraction of sp³-hybridized carbons (Fsp3) is 0.778. The Morgan fingerprint density at radius 1 is 0.840 bits per heavy atom. The first-order valence-electron chi connectivity index (χ1n) is 8.38. The fourth-order valence-electron chi connectivity index (χ4n) is 2.00. The van der Waals surface area contributed by atoms with Crippen LogP contribution in [0, 0.1) is 5.92 Å². The Kier molecular flexibility index (Phi) is 8.80. The molecule has 7 heteroatoms. The van der Waals surface area contributed by atoms with Crippen molar-refractivity contribution >= 4 is 23.7 Å². The Bertz CT molecular complexity index is 495. The van der Waals surface area contributed by atoms with Crippen molar-refractivity contribution in [1.29, 1.82) is 0 Å². The summed E-state index contributed by atoms with van der Waals surface area (Å²) in [7, 11) is 0. The lowest BCUT2D eigenvalue weighted by Gasteiger charge is -2.23. The highest BCUT2D eigenvalue weighted by Gasteiger charge is 2.28. The summed E-state index contributed by atoms with van der Waals surface area (Å²) in [5.74, 6) is -3.26. The van der Waals surface area contributed by atoms with Crippen LogP contribution in [0.25, 0.3) is 0 Å². The summed E-state index contributed by atoms with van der Waals surface area (Å²) in [5, 5.41) is 8.80. The van der Waals surface area contributed by atoms with Crippen LogP contribution in [-0.4, -0.2) is 40.0 Å². The molecule has 0 saturated carbocycles. The van der Waals surface area contributed by atoms with Gasteiger partial charge in [0, 0.05) is 19.3 Å². The third-order valence-corrected chi connectivity index (χ3v) is 2.95. The van der Waals surface area contributed by atoms with Crippen molar-refractivity contribution in [3.05, 3.63) is 0 Å². The summed E-state index contributed by atoms with van der Waals surface area (Å²) in [4.78, 5) is 46.6. The van der Waals surface area contributed by atoms with E-state index in [1.807, 2.05) is 0 Å². The summed E-state index contributed by atoms with van der Waals surface area (Å²) in [6.45, 7) is 10.3. The van der Waals surface area contributed by atoms with Gasteiger partial charge in [-0.2, -0.15) is 0 Å². The molecule has 0 rings (SSSR count). The van der Waals surface area contributed by atoms with Gasteiger partial charge in [-0.15, -0.1) is 0 Å². The van der Waals surface area contributed by atoms with E-state index in [0.29, 0.717) is 0 Å². The van der Waals surface area contributed by atoms with E-state index in [2.05, 4.69) is 0 Å². The molecule has 0 saturated heterocycles. The second-order valence-corrected chi connectivity index (χ2v) is 7.99. The van der Waals surface area contributed by atoms with Crippen LogP contribution in [0.3, 0.4) is 0 Å². The first kappa shape index (κ1) is 23.1. The van der Waals surface area contributed by atoms with Gasteiger partial charge in [-0.05, 0) is 48.0 Å². The first-order chi connectivity index (χ1) is 11.2. The number of ketones is 1. The standard InChI is InChI=1S/C18H30O7/c1-17(2,3)24-15(22)10-8-13(19)11-12(7-9-14(20)21)16(23)25-18(4,5)6/h12H,7-11H2,1-6H3,(H,20,21)/t12-/m1/s1. The lowest BCUT2D eigenvalue weighted by Crippen LogP contribution is -2.30. The van der Waals surface area contributed by atoms with Crippen LogP contribution < -0.4 is 0 Å². The molecule has 0 aromatic rings. The zero-order valence-electron chi connectivity index (χ0n) is 16.0. The second kappa shape index (κ2) is 9.53. The van der Waals surface area contributed by atoms with Crippen molar-refractivity contribution in [2.45, 2.75) is 84.8 Å². The highest BCUT2D eigenvalue weighted by molar-refractivity contribution is 5.87. The molecule has 0 aliphatic heterocycles. The van der Waals surface area contributed by atoms with Gasteiger partial charge in [-0.1, -0.05) is 0 Å². The number of carboxylic acids is 1. The van der Waals surface area contributed by atoms with E-state index in [1.165, 1.54) is 0 Å². The molecule has 0 amide bonds. The third-order valence-electron chi connectivity index (χ3n) is 2.95. The van der Waals surface area contributed by atoms with Crippen LogP contribution >= 0.6 is 0 Å². The molecule has 0 spiro atoms. The van der Waals surface area contributed by atoms with E-state index in [-0.39, 0.29) is 37.9 Å². The van der Waals surface area contributed by atoms with E-state index in [0.717, 1.165) is 0 Å². The van der Waals surface area contributed by atoms with Gasteiger partial charge in [0.25, 0.3) is 0 Å². The maximum Gasteiger partial charge on any atom is 0.309 e. The summed E-state index contributed by atoms with van der Waals surface area (Å²) < 4.78 is 10.4. The molecule has 0 aromatic heterocycles. The molecule has 0 aliphatic carbocycles. The minimum Gasteiger partial charge on any atom is -0.481 e. The third kappa shape index (κ3) is 13.1. The molecular weight excluding hydrogens is 328 g/mol. The van der Waals surface area contributed by atoms with Gasteiger partial charge in [0.2, 0.25) is 0 Å². The summed E-state index contributed by atoms with van der Waals surface area (Å²) >= 11 is 0. The number of carbonyl (C=O) groups is 4. The maximum absolute atomic E-state index is 12.2. The van der Waals surface area contributed by atoms with Crippen molar-refractivity contribution < 1.29 is 33.8 Å². The second-order valence-electron chi connectivity index (χ2n) is 7.99. The number of carbonyl (C=O) groups excluding carboxylic acids is 3. The summed E-state index contributed by atoms with van der Waals surface area (Å²) in [5.41, 5.74) is -1.35. The summed E-state index contributed by atoms with van der Waals surface area (Å²) in [6.07, 6.45) is -0.492. The highest BCUT2D eigenvalue weighted by Crippen LogP contribution is 2.20. The van der Waals surface area contributed by atoms with Gasteiger partial charge < -0.3 is 14.6 Å². The molecule has 0 bridgehead atoms. The minimum atomic E-state index is -1.05. The number of hydrogen-bond acceptors (Lipinski definition) is 6. The van der Waals surface area contributed by atoms with Gasteiger partial charge in [0.15, 0.2) is 0 Å². The Balaban J connectivity index is 4.66. The quantitative estimate of drug-likeness (QED) is 0.631. The number of rotatable bonds is 9. The van der Waals surface area contributed by atoms with Gasteiger partial charge in [-0.25, -0.2) is 0 Å². The summed E-state index contributed by atoms with van der Waals surface area (Å²) in [6, 6.07) is 0. The van der Waals surface area contributed by atoms with Crippen LogP contribution in [0.4, 0.5) is 0 Å². The van der Waals surface area contributed by atoms with Crippen molar-refractivity contribution in [1.82, 2.24) is 0 Å².